The van der Waals surface area contributed by atoms with E-state index < -0.39 is 136 Å². The van der Waals surface area contributed by atoms with Gasteiger partial charge in [-0.05, 0) is 12.1 Å². The molecule has 2 saturated heterocycles. The van der Waals surface area contributed by atoms with Crippen LogP contribution in [0.15, 0.2) is 27.4 Å². The smallest absolute Gasteiger partial charge is 0.200 e. The highest BCUT2D eigenvalue weighted by atomic mass is 16.6. The fraction of sp³-hybridized carbons (Fsp3) is 0.444. The summed E-state index contributed by atoms with van der Waals surface area (Å²) in [4.78, 5) is 13.5. The topological polar surface area (TPSA) is 312 Å². The molecule has 10 atom stereocenters. The van der Waals surface area contributed by atoms with Crippen LogP contribution in [0.2, 0.25) is 0 Å². The zero-order valence-corrected chi connectivity index (χ0v) is 22.4. The van der Waals surface area contributed by atoms with E-state index in [0.717, 1.165) is 18.2 Å². The van der Waals surface area contributed by atoms with Gasteiger partial charge < -0.3 is 80.3 Å². The van der Waals surface area contributed by atoms with Crippen LogP contribution in [0.5, 0.6) is 28.7 Å². The third kappa shape index (κ3) is 4.88. The zero-order valence-electron chi connectivity index (χ0n) is 22.4. The minimum Gasteiger partial charge on any atom is -0.507 e. The standard InChI is InChI=1S/C27H30O17/c28-4-11-17(34)21(38)23(40)26(43-11)14-19(36)13-7(30)3-10(6-1-8(31)16(33)9(32)2-6)42-25(13)15(20(14)37)27-24(41)22(39)18(35)12(5-29)44-27/h1-3,11-12,17-18,21-24,26-29,31-41H,4-5H2/t11-,12-,17+,18-,21+,22+,23-,24+,26+,27-/m0/s1. The van der Waals surface area contributed by atoms with Gasteiger partial charge in [-0.15, -0.1) is 0 Å². The van der Waals surface area contributed by atoms with Gasteiger partial charge in [-0.25, -0.2) is 0 Å². The van der Waals surface area contributed by atoms with Crippen molar-refractivity contribution in [2.75, 3.05) is 13.2 Å². The maximum absolute atomic E-state index is 13.5. The first kappa shape index (κ1) is 31.7. The Bertz CT molecular complexity index is 1590. The van der Waals surface area contributed by atoms with Crippen LogP contribution in [-0.4, -0.2) is 128 Å². The van der Waals surface area contributed by atoms with E-state index in [4.69, 9.17) is 13.9 Å². The van der Waals surface area contributed by atoms with Crippen molar-refractivity contribution in [3.05, 3.63) is 39.5 Å². The number of benzene rings is 2. The average molecular weight is 627 g/mol. The van der Waals surface area contributed by atoms with Crippen molar-refractivity contribution in [1.82, 2.24) is 0 Å². The second-order valence-corrected chi connectivity index (χ2v) is 10.6. The van der Waals surface area contributed by atoms with Gasteiger partial charge in [-0.2, -0.15) is 0 Å². The van der Waals surface area contributed by atoms with Crippen LogP contribution in [0.4, 0.5) is 0 Å². The second kappa shape index (κ2) is 11.6. The van der Waals surface area contributed by atoms with Gasteiger partial charge >= 0.3 is 0 Å². The molecule has 0 unspecified atom stereocenters. The summed E-state index contributed by atoms with van der Waals surface area (Å²) >= 11 is 0. The Balaban J connectivity index is 1.84. The summed E-state index contributed by atoms with van der Waals surface area (Å²) < 4.78 is 16.8. The first-order valence-electron chi connectivity index (χ1n) is 13.1. The highest BCUT2D eigenvalue weighted by Gasteiger charge is 2.50. The molecule has 17 heteroatoms. The third-order valence-corrected chi connectivity index (χ3v) is 7.90. The molecule has 2 aliphatic heterocycles. The molecule has 2 aromatic carbocycles. The van der Waals surface area contributed by atoms with Gasteiger partial charge in [-0.3, -0.25) is 4.79 Å². The van der Waals surface area contributed by atoms with E-state index in [1.807, 2.05) is 0 Å². The summed E-state index contributed by atoms with van der Waals surface area (Å²) in [7, 11) is 0. The van der Waals surface area contributed by atoms with Gasteiger partial charge in [0.1, 0.15) is 83.7 Å². The predicted molar refractivity (Wildman–Crippen MR) is 142 cm³/mol. The van der Waals surface area contributed by atoms with E-state index in [9.17, 15) is 71.2 Å². The van der Waals surface area contributed by atoms with Crippen molar-refractivity contribution >= 4 is 11.0 Å². The van der Waals surface area contributed by atoms with Crippen LogP contribution >= 0.6 is 0 Å². The molecule has 1 aromatic heterocycles. The zero-order chi connectivity index (χ0) is 32.4. The maximum Gasteiger partial charge on any atom is 0.200 e. The summed E-state index contributed by atoms with van der Waals surface area (Å²) in [6.45, 7) is -1.80. The van der Waals surface area contributed by atoms with E-state index in [1.54, 1.807) is 0 Å². The van der Waals surface area contributed by atoms with Crippen LogP contribution in [0, 0.1) is 0 Å². The lowest BCUT2D eigenvalue weighted by atomic mass is 9.85. The summed E-state index contributed by atoms with van der Waals surface area (Å²) in [6, 6.07) is 2.57. The lowest BCUT2D eigenvalue weighted by Crippen LogP contribution is -2.55. The molecule has 0 radical (unpaired) electrons. The van der Waals surface area contributed by atoms with Gasteiger partial charge in [0.2, 0.25) is 0 Å². The minimum atomic E-state index is -2.09. The van der Waals surface area contributed by atoms with Crippen molar-refractivity contribution in [3.8, 4) is 40.1 Å². The van der Waals surface area contributed by atoms with Gasteiger partial charge in [0, 0.05) is 11.6 Å². The van der Waals surface area contributed by atoms with E-state index in [1.165, 1.54) is 0 Å². The Kier molecular flexibility index (Phi) is 8.37. The van der Waals surface area contributed by atoms with Crippen molar-refractivity contribution in [2.24, 2.45) is 0 Å². The number of hydrogen-bond acceptors (Lipinski definition) is 17. The quantitative estimate of drug-likeness (QED) is 0.126. The van der Waals surface area contributed by atoms with E-state index >= 15 is 0 Å². The van der Waals surface area contributed by atoms with Gasteiger partial charge in [0.05, 0.1) is 24.3 Å². The molecule has 3 heterocycles. The Labute approximate surface area is 245 Å². The molecular formula is C27H30O17. The lowest BCUT2D eigenvalue weighted by molar-refractivity contribution is -0.234. The van der Waals surface area contributed by atoms with E-state index in [-0.39, 0.29) is 5.56 Å². The number of rotatable bonds is 5. The first-order valence-corrected chi connectivity index (χ1v) is 13.1. The highest BCUT2D eigenvalue weighted by molar-refractivity contribution is 5.92. The fourth-order valence-corrected chi connectivity index (χ4v) is 5.51. The molecule has 13 N–H and O–H groups in total. The number of aliphatic hydroxyl groups is 8. The number of aliphatic hydroxyl groups excluding tert-OH is 8. The maximum atomic E-state index is 13.5. The number of ether oxygens (including phenoxy) is 2. The molecule has 0 spiro atoms. The number of hydrogen-bond donors (Lipinski definition) is 13. The lowest BCUT2D eigenvalue weighted by Gasteiger charge is -2.42. The predicted octanol–water partition coefficient (Wildman–Crippen LogP) is -2.98. The Hall–Kier alpha value is -3.75. The Morgan fingerprint density at radius 1 is 0.591 bits per heavy atom. The molecule has 44 heavy (non-hydrogen) atoms. The molecule has 5 rings (SSSR count). The third-order valence-electron chi connectivity index (χ3n) is 7.90. The van der Waals surface area contributed by atoms with Crippen LogP contribution in [-0.2, 0) is 9.47 Å². The van der Waals surface area contributed by atoms with E-state index in [2.05, 4.69) is 0 Å². The number of phenolic OH excluding ortho intramolecular Hbond substituents is 5. The van der Waals surface area contributed by atoms with Crippen molar-refractivity contribution in [3.63, 3.8) is 0 Å². The van der Waals surface area contributed by atoms with Crippen molar-refractivity contribution < 1.29 is 80.3 Å². The molecule has 17 nitrogen and oxygen atoms in total. The SMILES string of the molecule is O=c1cc(-c2cc(O)c(O)c(O)c2)oc2c([C@@H]3O[C@@H](CO)[C@H](O)[C@@H](O)[C@H]3O)c(O)c([C@H]3O[C@@H](CO)[C@@H](O)[C@@H](O)[C@@H]3O)c(O)c12. The van der Waals surface area contributed by atoms with Crippen LogP contribution < -0.4 is 5.43 Å². The number of aromatic hydroxyl groups is 5. The molecule has 2 aliphatic rings. The van der Waals surface area contributed by atoms with Crippen molar-refractivity contribution in [1.29, 1.82) is 0 Å². The highest BCUT2D eigenvalue weighted by Crippen LogP contribution is 2.51. The molecule has 3 aromatic rings. The fourth-order valence-electron chi connectivity index (χ4n) is 5.51. The summed E-state index contributed by atoms with van der Waals surface area (Å²) in [6.07, 6.45) is -18.8. The largest absolute Gasteiger partial charge is 0.507 e. The number of fused-ring (bicyclic) bond motifs is 1. The Morgan fingerprint density at radius 2 is 1.07 bits per heavy atom. The molecule has 0 aliphatic carbocycles. The van der Waals surface area contributed by atoms with Gasteiger partial charge in [0.25, 0.3) is 0 Å². The first-order chi connectivity index (χ1) is 20.7. The van der Waals surface area contributed by atoms with Crippen molar-refractivity contribution in [2.45, 2.75) is 61.0 Å². The second-order valence-electron chi connectivity index (χ2n) is 10.6. The number of phenols is 5. The molecular weight excluding hydrogens is 596 g/mol. The van der Waals surface area contributed by atoms with E-state index in [0.29, 0.717) is 0 Å². The van der Waals surface area contributed by atoms with Gasteiger partial charge in [-0.1, -0.05) is 0 Å². The van der Waals surface area contributed by atoms with Gasteiger partial charge in [0.15, 0.2) is 28.3 Å². The summed E-state index contributed by atoms with van der Waals surface area (Å²) in [5.74, 6) is -5.13. The van der Waals surface area contributed by atoms with Crippen LogP contribution in [0.1, 0.15) is 23.3 Å². The summed E-state index contributed by atoms with van der Waals surface area (Å²) in [5.41, 5.74) is -3.46. The normalized spacial score (nSPS) is 32.6. The minimum absolute atomic E-state index is 0.200. The molecule has 240 valence electrons. The molecule has 0 amide bonds. The molecule has 0 bridgehead atoms. The Morgan fingerprint density at radius 3 is 1.55 bits per heavy atom. The van der Waals surface area contributed by atoms with Crippen LogP contribution in [0.25, 0.3) is 22.3 Å². The molecule has 0 saturated carbocycles. The summed E-state index contributed by atoms with van der Waals surface area (Å²) in [5, 5.41) is 134. The monoisotopic (exact) mass is 626 g/mol. The van der Waals surface area contributed by atoms with Crippen LogP contribution in [0.3, 0.4) is 0 Å². The average Bonchev–Trinajstić information content (AvgIpc) is 2.99. The molecule has 2 fully saturated rings.